The quantitative estimate of drug-likeness (QED) is 0.816. The largest absolute Gasteiger partial charge is 0.359 e. The number of hydrogen-bond donors (Lipinski definition) is 1. The summed E-state index contributed by atoms with van der Waals surface area (Å²) in [5.74, 6) is 1.17. The predicted molar refractivity (Wildman–Crippen MR) is 74.7 cm³/mol. The van der Waals surface area contributed by atoms with Crippen molar-refractivity contribution < 1.29 is 0 Å². The molecule has 0 bridgehead atoms. The zero-order chi connectivity index (χ0) is 11.9. The van der Waals surface area contributed by atoms with Gasteiger partial charge in [0.05, 0.1) is 6.04 Å². The third-order valence-electron chi connectivity index (χ3n) is 4.57. The van der Waals surface area contributed by atoms with Gasteiger partial charge in [0.25, 0.3) is 0 Å². The molecule has 0 aromatic carbocycles. The molecule has 0 spiro atoms. The average molecular weight is 253 g/mol. The van der Waals surface area contributed by atoms with Crippen molar-refractivity contribution in [2.45, 2.75) is 57.2 Å². The minimum Gasteiger partial charge on any atom is -0.359 e. The second-order valence-corrected chi connectivity index (χ2v) is 6.83. The summed E-state index contributed by atoms with van der Waals surface area (Å²) in [6.45, 7) is 7.13. The summed E-state index contributed by atoms with van der Waals surface area (Å²) < 4.78 is 0. The summed E-state index contributed by atoms with van der Waals surface area (Å²) in [4.78, 5) is 7.62. The van der Waals surface area contributed by atoms with Crippen LogP contribution < -0.4 is 5.32 Å². The number of nitrogens with one attached hydrogen (secondary N) is 1. The van der Waals surface area contributed by atoms with Crippen LogP contribution in [-0.2, 0) is 0 Å². The van der Waals surface area contributed by atoms with Gasteiger partial charge in [-0.25, -0.2) is 0 Å². The number of rotatable bonds is 2. The van der Waals surface area contributed by atoms with E-state index in [1.165, 1.54) is 49.7 Å². The highest BCUT2D eigenvalue weighted by Crippen LogP contribution is 2.32. The Kier molecular flexibility index (Phi) is 3.11. The minimum atomic E-state index is 0.275. The zero-order valence-electron chi connectivity index (χ0n) is 10.9. The standard InChI is InChI=1S/C13H23N3S/c1-3-13(2)9-17-12(15-13)14-10-6-8-16-7-4-5-11(10)16/h10-11H,3-9H2,1-2H3,(H,14,15). The first-order valence-corrected chi connectivity index (χ1v) is 7.91. The van der Waals surface area contributed by atoms with E-state index in [4.69, 9.17) is 4.99 Å². The van der Waals surface area contributed by atoms with Crippen LogP contribution in [0, 0.1) is 0 Å². The lowest BCUT2D eigenvalue weighted by Gasteiger charge is -2.21. The van der Waals surface area contributed by atoms with Crippen LogP contribution in [0.1, 0.15) is 39.5 Å². The second-order valence-electron chi connectivity index (χ2n) is 5.86. The van der Waals surface area contributed by atoms with Gasteiger partial charge in [-0.1, -0.05) is 18.7 Å². The summed E-state index contributed by atoms with van der Waals surface area (Å²) in [5.41, 5.74) is 0.275. The predicted octanol–water partition coefficient (Wildman–Crippen LogP) is 2.08. The van der Waals surface area contributed by atoms with Gasteiger partial charge >= 0.3 is 0 Å². The summed E-state index contributed by atoms with van der Waals surface area (Å²) in [6, 6.07) is 1.31. The molecular formula is C13H23N3S. The van der Waals surface area contributed by atoms with Gasteiger partial charge in [0.1, 0.15) is 0 Å². The van der Waals surface area contributed by atoms with Crippen LogP contribution in [-0.4, -0.2) is 46.5 Å². The summed E-state index contributed by atoms with van der Waals surface area (Å²) in [6.07, 6.45) is 5.18. The van der Waals surface area contributed by atoms with E-state index in [1.54, 1.807) is 0 Å². The van der Waals surface area contributed by atoms with Gasteiger partial charge < -0.3 is 5.32 Å². The van der Waals surface area contributed by atoms with Crippen molar-refractivity contribution in [3.8, 4) is 0 Å². The first-order chi connectivity index (χ1) is 8.20. The van der Waals surface area contributed by atoms with Gasteiger partial charge in [0.15, 0.2) is 5.17 Å². The molecule has 0 radical (unpaired) electrons. The molecule has 3 aliphatic rings. The van der Waals surface area contributed by atoms with E-state index in [-0.39, 0.29) is 5.54 Å². The van der Waals surface area contributed by atoms with E-state index in [9.17, 15) is 0 Å². The highest BCUT2D eigenvalue weighted by Gasteiger charge is 2.38. The number of aliphatic imine (C=N–C) groups is 1. The van der Waals surface area contributed by atoms with Gasteiger partial charge in [-0.3, -0.25) is 9.89 Å². The molecule has 0 aromatic heterocycles. The SMILES string of the molecule is CCC1(C)CSC(=NC2CCN3CCCC23)N1. The maximum absolute atomic E-state index is 4.99. The molecule has 3 unspecified atom stereocenters. The summed E-state index contributed by atoms with van der Waals surface area (Å²) in [7, 11) is 0. The Balaban J connectivity index is 1.67. The van der Waals surface area contributed by atoms with Crippen LogP contribution >= 0.6 is 11.8 Å². The molecule has 3 heterocycles. The Morgan fingerprint density at radius 3 is 3.12 bits per heavy atom. The zero-order valence-corrected chi connectivity index (χ0v) is 11.7. The fraction of sp³-hybridized carbons (Fsp3) is 0.923. The molecule has 0 saturated carbocycles. The van der Waals surface area contributed by atoms with E-state index in [2.05, 4.69) is 24.1 Å². The molecule has 3 fully saturated rings. The molecule has 0 aliphatic carbocycles. The normalized spacial score (nSPS) is 44.2. The average Bonchev–Trinajstić information content (AvgIpc) is 2.98. The molecular weight excluding hydrogens is 230 g/mol. The monoisotopic (exact) mass is 253 g/mol. The Bertz CT molecular complexity index is 331. The highest BCUT2D eigenvalue weighted by atomic mass is 32.2. The summed E-state index contributed by atoms with van der Waals surface area (Å²) >= 11 is 1.92. The van der Waals surface area contributed by atoms with Crippen LogP contribution in [0.25, 0.3) is 0 Å². The van der Waals surface area contributed by atoms with E-state index < -0.39 is 0 Å². The molecule has 3 saturated heterocycles. The fourth-order valence-corrected chi connectivity index (χ4v) is 4.43. The second kappa shape index (κ2) is 4.47. The smallest absolute Gasteiger partial charge is 0.157 e. The summed E-state index contributed by atoms with van der Waals surface area (Å²) in [5, 5.41) is 4.82. The minimum absolute atomic E-state index is 0.275. The van der Waals surface area contributed by atoms with Crippen LogP contribution in [0.5, 0.6) is 0 Å². The molecule has 3 rings (SSSR count). The molecule has 96 valence electrons. The van der Waals surface area contributed by atoms with E-state index in [0.29, 0.717) is 6.04 Å². The number of hydrogen-bond acceptors (Lipinski definition) is 3. The van der Waals surface area contributed by atoms with Crippen molar-refractivity contribution in [3.63, 3.8) is 0 Å². The molecule has 0 aromatic rings. The van der Waals surface area contributed by atoms with Gasteiger partial charge in [-0.05, 0) is 39.2 Å². The van der Waals surface area contributed by atoms with Crippen LogP contribution in [0.4, 0.5) is 0 Å². The maximum atomic E-state index is 4.99. The number of thioether (sulfide) groups is 1. The van der Waals surface area contributed by atoms with Crippen molar-refractivity contribution in [2.24, 2.45) is 4.99 Å². The Morgan fingerprint density at radius 2 is 2.35 bits per heavy atom. The van der Waals surface area contributed by atoms with Crippen molar-refractivity contribution >= 4 is 16.9 Å². The lowest BCUT2D eigenvalue weighted by atomic mass is 10.0. The lowest BCUT2D eigenvalue weighted by Crippen LogP contribution is -2.40. The Labute approximate surface area is 108 Å². The highest BCUT2D eigenvalue weighted by molar-refractivity contribution is 8.14. The van der Waals surface area contributed by atoms with E-state index >= 15 is 0 Å². The van der Waals surface area contributed by atoms with Crippen molar-refractivity contribution in [1.29, 1.82) is 0 Å². The number of fused-ring (bicyclic) bond motifs is 1. The molecule has 3 aliphatic heterocycles. The van der Waals surface area contributed by atoms with Crippen molar-refractivity contribution in [3.05, 3.63) is 0 Å². The first-order valence-electron chi connectivity index (χ1n) is 6.93. The molecule has 3 atom stereocenters. The van der Waals surface area contributed by atoms with Crippen LogP contribution in [0.15, 0.2) is 4.99 Å². The van der Waals surface area contributed by atoms with Crippen LogP contribution in [0.3, 0.4) is 0 Å². The van der Waals surface area contributed by atoms with Crippen molar-refractivity contribution in [1.82, 2.24) is 10.2 Å². The van der Waals surface area contributed by atoms with Gasteiger partial charge in [-0.15, -0.1) is 0 Å². The van der Waals surface area contributed by atoms with Crippen molar-refractivity contribution in [2.75, 3.05) is 18.8 Å². The third-order valence-corrected chi connectivity index (χ3v) is 5.83. The molecule has 17 heavy (non-hydrogen) atoms. The van der Waals surface area contributed by atoms with Gasteiger partial charge in [0, 0.05) is 23.9 Å². The Hall–Kier alpha value is -0.220. The van der Waals surface area contributed by atoms with Gasteiger partial charge in [-0.2, -0.15) is 0 Å². The third kappa shape index (κ3) is 2.22. The molecule has 3 nitrogen and oxygen atoms in total. The first kappa shape index (κ1) is 11.8. The number of nitrogens with zero attached hydrogens (tertiary/aromatic N) is 2. The fourth-order valence-electron chi connectivity index (χ4n) is 3.17. The molecule has 1 N–H and O–H groups in total. The lowest BCUT2D eigenvalue weighted by molar-refractivity contribution is 0.314. The maximum Gasteiger partial charge on any atom is 0.157 e. The Morgan fingerprint density at radius 1 is 1.47 bits per heavy atom. The van der Waals surface area contributed by atoms with Gasteiger partial charge in [0.2, 0.25) is 0 Å². The van der Waals surface area contributed by atoms with E-state index in [0.717, 1.165) is 6.04 Å². The van der Waals surface area contributed by atoms with Crippen LogP contribution in [0.2, 0.25) is 0 Å². The number of amidine groups is 1. The topological polar surface area (TPSA) is 27.6 Å². The van der Waals surface area contributed by atoms with E-state index in [1.807, 2.05) is 11.8 Å². The molecule has 0 amide bonds. The molecule has 4 heteroatoms.